The maximum Gasteiger partial charge on any atom is 0.229 e. The highest BCUT2D eigenvalue weighted by molar-refractivity contribution is 5.97. The first-order valence-corrected chi connectivity index (χ1v) is 6.74. The predicted octanol–water partition coefficient (Wildman–Crippen LogP) is 1.16. The van der Waals surface area contributed by atoms with Gasteiger partial charge in [0.05, 0.1) is 0 Å². The number of carbonyl (C=O) groups excluding carboxylic acids is 2. The van der Waals surface area contributed by atoms with Gasteiger partial charge in [-0.3, -0.25) is 14.5 Å². The summed E-state index contributed by atoms with van der Waals surface area (Å²) in [6.07, 6.45) is 4.32. The summed E-state index contributed by atoms with van der Waals surface area (Å²) in [6, 6.07) is 0. The highest BCUT2D eigenvalue weighted by atomic mass is 16.2. The minimum Gasteiger partial charge on any atom is -0.316 e. The molecule has 4 nitrogen and oxygen atoms in total. The van der Waals surface area contributed by atoms with Crippen molar-refractivity contribution in [1.29, 1.82) is 0 Å². The van der Waals surface area contributed by atoms with Crippen LogP contribution in [-0.2, 0) is 9.59 Å². The van der Waals surface area contributed by atoms with Crippen LogP contribution in [0.5, 0.6) is 0 Å². The van der Waals surface area contributed by atoms with Gasteiger partial charge in [-0.2, -0.15) is 0 Å². The Bertz CT molecular complexity index is 280. The van der Waals surface area contributed by atoms with Crippen molar-refractivity contribution in [2.45, 2.75) is 39.0 Å². The molecule has 0 bridgehead atoms. The number of nitrogens with one attached hydrogen (secondary N) is 1. The molecule has 1 N–H and O–H groups in total. The van der Waals surface area contributed by atoms with Crippen molar-refractivity contribution in [2.75, 3.05) is 19.6 Å². The molecule has 0 saturated carbocycles. The van der Waals surface area contributed by atoms with Crippen LogP contribution in [0.25, 0.3) is 0 Å². The molecule has 0 aromatic rings. The van der Waals surface area contributed by atoms with E-state index in [1.807, 2.05) is 6.92 Å². The molecule has 0 aromatic heterocycles. The molecule has 2 saturated heterocycles. The van der Waals surface area contributed by atoms with Crippen molar-refractivity contribution in [3.63, 3.8) is 0 Å². The monoisotopic (exact) mass is 238 g/mol. The van der Waals surface area contributed by atoms with Gasteiger partial charge in [0.1, 0.15) is 0 Å². The normalized spacial score (nSPS) is 27.6. The Kier molecular flexibility index (Phi) is 4.15. The fourth-order valence-corrected chi connectivity index (χ4v) is 2.76. The SMILES string of the molecule is CCC1CC(=O)N(CC2CCCNC2)C(=O)C1. The fraction of sp³-hybridized carbons (Fsp3) is 0.846. The minimum atomic E-state index is 0.0404. The Morgan fingerprint density at radius 1 is 1.24 bits per heavy atom. The third kappa shape index (κ3) is 3.06. The maximum absolute atomic E-state index is 11.9. The van der Waals surface area contributed by atoms with Crippen molar-refractivity contribution in [1.82, 2.24) is 10.2 Å². The number of hydrogen-bond donors (Lipinski definition) is 1. The van der Waals surface area contributed by atoms with Gasteiger partial charge in [0.15, 0.2) is 0 Å². The number of rotatable bonds is 3. The topological polar surface area (TPSA) is 49.4 Å². The molecule has 4 heteroatoms. The van der Waals surface area contributed by atoms with E-state index in [-0.39, 0.29) is 17.7 Å². The molecule has 1 atom stereocenters. The van der Waals surface area contributed by atoms with Crippen LogP contribution in [-0.4, -0.2) is 36.3 Å². The van der Waals surface area contributed by atoms with Gasteiger partial charge in [-0.15, -0.1) is 0 Å². The quantitative estimate of drug-likeness (QED) is 0.751. The first-order chi connectivity index (χ1) is 8.20. The predicted molar refractivity (Wildman–Crippen MR) is 65.3 cm³/mol. The maximum atomic E-state index is 11.9. The third-order valence-corrected chi connectivity index (χ3v) is 3.95. The average Bonchev–Trinajstić information content (AvgIpc) is 2.35. The molecule has 2 fully saturated rings. The standard InChI is InChI=1S/C13H22N2O2/c1-2-10-6-12(16)15(13(17)7-10)9-11-4-3-5-14-8-11/h10-11,14H,2-9H2,1H3. The number of imide groups is 1. The van der Waals surface area contributed by atoms with Crippen molar-refractivity contribution < 1.29 is 9.59 Å². The molecule has 0 radical (unpaired) electrons. The molecule has 96 valence electrons. The first-order valence-electron chi connectivity index (χ1n) is 6.74. The molecule has 2 aliphatic rings. The molecular formula is C13H22N2O2. The Morgan fingerprint density at radius 3 is 2.47 bits per heavy atom. The van der Waals surface area contributed by atoms with E-state index in [9.17, 15) is 9.59 Å². The highest BCUT2D eigenvalue weighted by Gasteiger charge is 2.33. The molecule has 17 heavy (non-hydrogen) atoms. The van der Waals surface area contributed by atoms with Gasteiger partial charge in [-0.25, -0.2) is 0 Å². The molecule has 0 spiro atoms. The summed E-state index contributed by atoms with van der Waals surface area (Å²) < 4.78 is 0. The Hall–Kier alpha value is -0.900. The minimum absolute atomic E-state index is 0.0404. The number of amides is 2. The van der Waals surface area contributed by atoms with E-state index in [1.54, 1.807) is 0 Å². The summed E-state index contributed by atoms with van der Waals surface area (Å²) in [5.74, 6) is 0.808. The summed E-state index contributed by atoms with van der Waals surface area (Å²) in [6.45, 7) is 4.68. The van der Waals surface area contributed by atoms with Crippen molar-refractivity contribution >= 4 is 11.8 Å². The number of piperidine rings is 2. The van der Waals surface area contributed by atoms with Gasteiger partial charge in [0, 0.05) is 19.4 Å². The van der Waals surface area contributed by atoms with E-state index < -0.39 is 0 Å². The van der Waals surface area contributed by atoms with Crippen molar-refractivity contribution in [3.8, 4) is 0 Å². The second-order valence-electron chi connectivity index (χ2n) is 5.29. The molecular weight excluding hydrogens is 216 g/mol. The third-order valence-electron chi connectivity index (χ3n) is 3.95. The zero-order chi connectivity index (χ0) is 12.3. The van der Waals surface area contributed by atoms with Crippen molar-refractivity contribution in [3.05, 3.63) is 0 Å². The largest absolute Gasteiger partial charge is 0.316 e. The average molecular weight is 238 g/mol. The van der Waals surface area contributed by atoms with E-state index in [4.69, 9.17) is 0 Å². The van der Waals surface area contributed by atoms with Crippen LogP contribution in [0, 0.1) is 11.8 Å². The molecule has 1 unspecified atom stereocenters. The second-order valence-corrected chi connectivity index (χ2v) is 5.29. The zero-order valence-electron chi connectivity index (χ0n) is 10.6. The van der Waals surface area contributed by atoms with Crippen LogP contribution < -0.4 is 5.32 Å². The Morgan fingerprint density at radius 2 is 1.94 bits per heavy atom. The molecule has 2 heterocycles. The van der Waals surface area contributed by atoms with Gasteiger partial charge >= 0.3 is 0 Å². The lowest BCUT2D eigenvalue weighted by Gasteiger charge is -2.33. The summed E-state index contributed by atoms with van der Waals surface area (Å²) in [5, 5.41) is 3.32. The Labute approximate surface area is 103 Å². The summed E-state index contributed by atoms with van der Waals surface area (Å²) in [4.78, 5) is 25.4. The number of hydrogen-bond acceptors (Lipinski definition) is 3. The van der Waals surface area contributed by atoms with Gasteiger partial charge in [0.2, 0.25) is 11.8 Å². The van der Waals surface area contributed by atoms with Crippen LogP contribution in [0.4, 0.5) is 0 Å². The summed E-state index contributed by atoms with van der Waals surface area (Å²) >= 11 is 0. The number of nitrogens with zero attached hydrogens (tertiary/aromatic N) is 1. The molecule has 0 aliphatic carbocycles. The van der Waals surface area contributed by atoms with Crippen LogP contribution in [0.15, 0.2) is 0 Å². The zero-order valence-corrected chi connectivity index (χ0v) is 10.6. The van der Waals surface area contributed by atoms with Gasteiger partial charge in [-0.05, 0) is 37.8 Å². The van der Waals surface area contributed by atoms with E-state index in [2.05, 4.69) is 5.32 Å². The van der Waals surface area contributed by atoms with Crippen LogP contribution in [0.2, 0.25) is 0 Å². The lowest BCUT2D eigenvalue weighted by atomic mass is 9.91. The first kappa shape index (κ1) is 12.6. The van der Waals surface area contributed by atoms with Gasteiger partial charge < -0.3 is 5.32 Å². The smallest absolute Gasteiger partial charge is 0.229 e. The van der Waals surface area contributed by atoms with Crippen LogP contribution in [0.1, 0.15) is 39.0 Å². The lowest BCUT2D eigenvalue weighted by molar-refractivity contribution is -0.151. The molecule has 0 aromatic carbocycles. The molecule has 2 aliphatic heterocycles. The Balaban J connectivity index is 1.91. The van der Waals surface area contributed by atoms with Crippen LogP contribution in [0.3, 0.4) is 0 Å². The van der Waals surface area contributed by atoms with E-state index in [0.717, 1.165) is 32.4 Å². The second kappa shape index (κ2) is 5.63. The van der Waals surface area contributed by atoms with E-state index in [1.165, 1.54) is 4.90 Å². The summed E-state index contributed by atoms with van der Waals surface area (Å²) in [7, 11) is 0. The van der Waals surface area contributed by atoms with Gasteiger partial charge in [-0.1, -0.05) is 13.3 Å². The van der Waals surface area contributed by atoms with Crippen LogP contribution >= 0.6 is 0 Å². The number of likely N-dealkylation sites (tertiary alicyclic amines) is 1. The number of carbonyl (C=O) groups is 2. The molecule has 2 amide bonds. The van der Waals surface area contributed by atoms with Gasteiger partial charge in [0.25, 0.3) is 0 Å². The van der Waals surface area contributed by atoms with Crippen molar-refractivity contribution in [2.24, 2.45) is 11.8 Å². The fourth-order valence-electron chi connectivity index (χ4n) is 2.76. The van der Waals surface area contributed by atoms with E-state index >= 15 is 0 Å². The molecule has 2 rings (SSSR count). The lowest BCUT2D eigenvalue weighted by Crippen LogP contribution is -2.47. The van der Waals surface area contributed by atoms with E-state index in [0.29, 0.717) is 25.3 Å². The highest BCUT2D eigenvalue weighted by Crippen LogP contribution is 2.24. The summed E-state index contributed by atoms with van der Waals surface area (Å²) in [5.41, 5.74) is 0.